The fourth-order valence-electron chi connectivity index (χ4n) is 1.86. The first-order valence-corrected chi connectivity index (χ1v) is 8.48. The molecule has 0 fully saturated rings. The molecule has 10 heteroatoms. The van der Waals surface area contributed by atoms with Gasteiger partial charge in [-0.05, 0) is 18.9 Å². The lowest BCUT2D eigenvalue weighted by Crippen LogP contribution is -2.17. The number of hydrogen-bond donors (Lipinski definition) is 2. The van der Waals surface area contributed by atoms with Gasteiger partial charge >= 0.3 is 5.97 Å². The van der Waals surface area contributed by atoms with Crippen LogP contribution in [0.3, 0.4) is 0 Å². The zero-order valence-electron chi connectivity index (χ0n) is 14.5. The summed E-state index contributed by atoms with van der Waals surface area (Å²) in [4.78, 5) is 20.1. The molecule has 0 atom stereocenters. The maximum atomic E-state index is 10.6. The summed E-state index contributed by atoms with van der Waals surface area (Å²) in [6.07, 6.45) is -0.0393. The third-order valence-corrected chi connectivity index (χ3v) is 3.92. The van der Waals surface area contributed by atoms with Crippen LogP contribution < -0.4 is 10.1 Å². The highest BCUT2D eigenvalue weighted by Gasteiger charge is 2.18. The van der Waals surface area contributed by atoms with Crippen molar-refractivity contribution in [3.63, 3.8) is 0 Å². The van der Waals surface area contributed by atoms with E-state index in [1.807, 2.05) is 0 Å². The van der Waals surface area contributed by atoms with Crippen molar-refractivity contribution < 1.29 is 14.6 Å². The summed E-state index contributed by atoms with van der Waals surface area (Å²) in [7, 11) is 4.99. The van der Waals surface area contributed by atoms with E-state index in [0.717, 1.165) is 0 Å². The molecular formula is C16H19Cl3N4O3. The Balaban J connectivity index is 3.09. The van der Waals surface area contributed by atoms with E-state index < -0.39 is 5.97 Å². The van der Waals surface area contributed by atoms with Crippen LogP contribution in [0.25, 0.3) is 0 Å². The van der Waals surface area contributed by atoms with Gasteiger partial charge in [0.25, 0.3) is 0 Å². The van der Waals surface area contributed by atoms with E-state index in [0.29, 0.717) is 11.5 Å². The van der Waals surface area contributed by atoms with E-state index in [4.69, 9.17) is 44.6 Å². The lowest BCUT2D eigenvalue weighted by atomic mass is 10.3. The number of hydrogen-bond acceptors (Lipinski definition) is 6. The largest absolute Gasteiger partial charge is 0.481 e. The standard InChI is InChI=1S/C16H19Cl3N4O3/c1-20-15(23(3)4)13(19)16(21-2)26-14-10(17)7-9(8-11(14)18)22-6-5-12(24)25/h7-8,22H,1,5-6H2,2-4H3,(H,24,25)/b15-13-,21-16?. The number of rotatable bonds is 8. The number of nitrogens with one attached hydrogen (secondary N) is 1. The van der Waals surface area contributed by atoms with Crippen molar-refractivity contribution in [3.8, 4) is 5.75 Å². The van der Waals surface area contributed by atoms with Crippen LogP contribution in [0.4, 0.5) is 5.69 Å². The third-order valence-electron chi connectivity index (χ3n) is 3.03. The van der Waals surface area contributed by atoms with Crippen LogP contribution in [-0.2, 0) is 4.79 Å². The number of carbonyl (C=O) groups is 1. The first-order chi connectivity index (χ1) is 12.2. The molecule has 7 nitrogen and oxygen atoms in total. The zero-order chi connectivity index (χ0) is 19.9. The van der Waals surface area contributed by atoms with Gasteiger partial charge in [-0.25, -0.2) is 4.99 Å². The predicted molar refractivity (Wildman–Crippen MR) is 107 cm³/mol. The van der Waals surface area contributed by atoms with Gasteiger partial charge in [-0.3, -0.25) is 9.79 Å². The number of ether oxygens (including phenoxy) is 1. The molecule has 0 saturated heterocycles. The zero-order valence-corrected chi connectivity index (χ0v) is 16.8. The molecule has 1 aromatic rings. The molecular weight excluding hydrogens is 403 g/mol. The molecule has 0 spiro atoms. The van der Waals surface area contributed by atoms with Gasteiger partial charge in [0.15, 0.2) is 11.6 Å². The van der Waals surface area contributed by atoms with Crippen LogP contribution in [0.15, 0.2) is 33.0 Å². The molecule has 0 saturated carbocycles. The van der Waals surface area contributed by atoms with Gasteiger partial charge in [-0.2, -0.15) is 0 Å². The summed E-state index contributed by atoms with van der Waals surface area (Å²) in [5.74, 6) is -0.310. The smallest absolute Gasteiger partial charge is 0.305 e. The molecule has 0 unspecified atom stereocenters. The first kappa shape index (κ1) is 22.1. The number of nitrogens with zero attached hydrogens (tertiary/aromatic N) is 3. The Labute approximate surface area is 166 Å². The Kier molecular flexibility index (Phi) is 8.71. The van der Waals surface area contributed by atoms with E-state index in [1.54, 1.807) is 31.1 Å². The molecule has 26 heavy (non-hydrogen) atoms. The van der Waals surface area contributed by atoms with E-state index in [-0.39, 0.29) is 39.7 Å². The van der Waals surface area contributed by atoms with Gasteiger partial charge in [0.1, 0.15) is 5.03 Å². The molecule has 0 aliphatic carbocycles. The normalized spacial score (nSPS) is 12.3. The van der Waals surface area contributed by atoms with Crippen molar-refractivity contribution in [2.75, 3.05) is 33.0 Å². The van der Waals surface area contributed by atoms with Gasteiger partial charge in [0, 0.05) is 33.4 Å². The highest BCUT2D eigenvalue weighted by Crippen LogP contribution is 2.37. The Morgan fingerprint density at radius 3 is 2.35 bits per heavy atom. The summed E-state index contributed by atoms with van der Waals surface area (Å²) < 4.78 is 5.68. The van der Waals surface area contributed by atoms with E-state index in [1.165, 1.54) is 7.05 Å². The van der Waals surface area contributed by atoms with Crippen LogP contribution in [0.1, 0.15) is 6.42 Å². The Morgan fingerprint density at radius 2 is 1.92 bits per heavy atom. The van der Waals surface area contributed by atoms with Crippen molar-refractivity contribution in [1.82, 2.24) is 4.90 Å². The molecule has 0 aliphatic heterocycles. The highest BCUT2D eigenvalue weighted by molar-refractivity contribution is 6.43. The molecule has 0 aromatic heterocycles. The number of carboxylic acid groups (broad SMARTS) is 1. The van der Waals surface area contributed by atoms with Crippen molar-refractivity contribution in [1.29, 1.82) is 0 Å². The van der Waals surface area contributed by atoms with Crippen LogP contribution in [0.5, 0.6) is 5.75 Å². The number of anilines is 1. The average Bonchev–Trinajstić information content (AvgIpc) is 2.54. The lowest BCUT2D eigenvalue weighted by molar-refractivity contribution is -0.136. The number of halogens is 3. The second-order valence-corrected chi connectivity index (χ2v) is 6.35. The van der Waals surface area contributed by atoms with Gasteiger partial charge < -0.3 is 20.1 Å². The lowest BCUT2D eigenvalue weighted by Gasteiger charge is -2.17. The minimum Gasteiger partial charge on any atom is -0.481 e. The van der Waals surface area contributed by atoms with Crippen LogP contribution in [-0.4, -0.2) is 56.3 Å². The fourth-order valence-corrected chi connectivity index (χ4v) is 2.78. The highest BCUT2D eigenvalue weighted by atomic mass is 35.5. The first-order valence-electron chi connectivity index (χ1n) is 7.34. The number of benzene rings is 1. The monoisotopic (exact) mass is 420 g/mol. The average molecular weight is 422 g/mol. The maximum Gasteiger partial charge on any atom is 0.305 e. The van der Waals surface area contributed by atoms with Gasteiger partial charge in [0.05, 0.1) is 16.5 Å². The van der Waals surface area contributed by atoms with E-state index >= 15 is 0 Å². The summed E-state index contributed by atoms with van der Waals surface area (Å²) in [5, 5.41) is 12.1. The van der Waals surface area contributed by atoms with Gasteiger partial charge in [-0.1, -0.05) is 34.8 Å². The third kappa shape index (κ3) is 6.09. The summed E-state index contributed by atoms with van der Waals surface area (Å²) in [6.45, 7) is 3.70. The topological polar surface area (TPSA) is 86.5 Å². The molecule has 1 rings (SSSR count). The SMILES string of the molecule is C=N/C(=C(/Cl)C(=NC)Oc1c(Cl)cc(NCCC(=O)O)cc1Cl)N(C)C. The van der Waals surface area contributed by atoms with Crippen LogP contribution >= 0.6 is 34.8 Å². The second kappa shape index (κ2) is 10.3. The van der Waals surface area contributed by atoms with Crippen molar-refractivity contribution in [2.45, 2.75) is 6.42 Å². The molecule has 0 bridgehead atoms. The van der Waals surface area contributed by atoms with Crippen LogP contribution in [0, 0.1) is 0 Å². The molecule has 0 amide bonds. The van der Waals surface area contributed by atoms with Crippen molar-refractivity contribution >= 4 is 59.1 Å². The summed E-state index contributed by atoms with van der Waals surface area (Å²) in [6, 6.07) is 3.13. The fraction of sp³-hybridized carbons (Fsp3) is 0.312. The number of carboxylic acids is 1. The van der Waals surface area contributed by atoms with Gasteiger partial charge in [0.2, 0.25) is 5.90 Å². The maximum absolute atomic E-state index is 10.6. The summed E-state index contributed by atoms with van der Waals surface area (Å²) >= 11 is 18.7. The van der Waals surface area contributed by atoms with Crippen molar-refractivity contribution in [3.05, 3.63) is 33.0 Å². The Bertz CT molecular complexity index is 725. The summed E-state index contributed by atoms with van der Waals surface area (Å²) in [5.41, 5.74) is 0.562. The molecule has 1 aromatic carbocycles. The molecule has 142 valence electrons. The number of aliphatic imine (C=N–C) groups is 2. The minimum atomic E-state index is -0.910. The Hall–Kier alpha value is -1.96. The van der Waals surface area contributed by atoms with E-state index in [9.17, 15) is 4.79 Å². The number of aliphatic carboxylic acids is 1. The quantitative estimate of drug-likeness (QED) is 0.490. The van der Waals surface area contributed by atoms with Gasteiger partial charge in [-0.15, -0.1) is 0 Å². The van der Waals surface area contributed by atoms with Crippen LogP contribution in [0.2, 0.25) is 10.0 Å². The minimum absolute atomic E-state index is 0.0393. The molecule has 0 radical (unpaired) electrons. The molecule has 0 heterocycles. The Morgan fingerprint density at radius 1 is 1.35 bits per heavy atom. The molecule has 0 aliphatic rings. The van der Waals surface area contributed by atoms with Crippen molar-refractivity contribution in [2.24, 2.45) is 9.98 Å². The molecule has 2 N–H and O–H groups in total. The second-order valence-electron chi connectivity index (χ2n) is 5.16. The van der Waals surface area contributed by atoms with E-state index in [2.05, 4.69) is 22.0 Å². The predicted octanol–water partition coefficient (Wildman–Crippen LogP) is 3.96.